The normalized spacial score (nSPS) is 12.7. The molecule has 0 heterocycles. The Hall–Kier alpha value is -2.00. The van der Waals surface area contributed by atoms with Crippen molar-refractivity contribution in [2.24, 2.45) is 0 Å². The fourth-order valence-electron chi connectivity index (χ4n) is 3.74. The van der Waals surface area contributed by atoms with Gasteiger partial charge in [0.25, 0.3) is 0 Å². The third-order valence-electron chi connectivity index (χ3n) is 5.66. The molecule has 0 aliphatic carbocycles. The van der Waals surface area contributed by atoms with Gasteiger partial charge >= 0.3 is 0 Å². The van der Waals surface area contributed by atoms with Gasteiger partial charge in [0.2, 0.25) is 21.8 Å². The molecule has 7 nitrogen and oxygen atoms in total. The van der Waals surface area contributed by atoms with Gasteiger partial charge < -0.3 is 10.2 Å². The van der Waals surface area contributed by atoms with E-state index in [1.54, 1.807) is 50.2 Å². The molecule has 37 heavy (non-hydrogen) atoms. The first kappa shape index (κ1) is 31.2. The highest BCUT2D eigenvalue weighted by molar-refractivity contribution is 7.92. The van der Waals surface area contributed by atoms with E-state index in [1.807, 2.05) is 20.8 Å². The van der Waals surface area contributed by atoms with Gasteiger partial charge in [-0.2, -0.15) is 0 Å². The summed E-state index contributed by atoms with van der Waals surface area (Å²) in [7, 11) is -3.62. The first-order valence-corrected chi connectivity index (χ1v) is 14.8. The number of nitrogens with zero attached hydrogens (tertiary/aromatic N) is 2. The van der Waals surface area contributed by atoms with Gasteiger partial charge in [0.1, 0.15) is 6.04 Å². The van der Waals surface area contributed by atoms with E-state index in [1.165, 1.54) is 9.21 Å². The van der Waals surface area contributed by atoms with Gasteiger partial charge in [0, 0.05) is 30.1 Å². The molecule has 0 radical (unpaired) electrons. The summed E-state index contributed by atoms with van der Waals surface area (Å²) >= 11 is 18.4. The molecule has 1 N–H and O–H groups in total. The van der Waals surface area contributed by atoms with E-state index in [0.29, 0.717) is 31.9 Å². The number of carbonyl (C=O) groups excluding carboxylic acids is 2. The number of amides is 2. The smallest absolute Gasteiger partial charge is 0.242 e. The molecular formula is C26H34Cl3N3O4S. The summed E-state index contributed by atoms with van der Waals surface area (Å²) in [5, 5.41) is 4.09. The average molecular weight is 591 g/mol. The van der Waals surface area contributed by atoms with Crippen LogP contribution in [0, 0.1) is 6.92 Å². The van der Waals surface area contributed by atoms with E-state index < -0.39 is 21.6 Å². The fourth-order valence-corrected chi connectivity index (χ4v) is 5.25. The van der Waals surface area contributed by atoms with Crippen molar-refractivity contribution in [3.8, 4) is 0 Å². The molecule has 0 aliphatic rings. The molecular weight excluding hydrogens is 557 g/mol. The van der Waals surface area contributed by atoms with Crippen LogP contribution in [-0.2, 0) is 26.2 Å². The van der Waals surface area contributed by atoms with Gasteiger partial charge in [-0.15, -0.1) is 0 Å². The van der Waals surface area contributed by atoms with Crippen molar-refractivity contribution in [1.82, 2.24) is 10.2 Å². The summed E-state index contributed by atoms with van der Waals surface area (Å²) in [5.74, 6) is -0.591. The summed E-state index contributed by atoms with van der Waals surface area (Å²) in [6.45, 7) is 9.21. The SMILES string of the molecule is Cc1c(Cl)cccc1N(CCCC(=O)N(Cc1ccc(Cl)c(Cl)c1)C(C)C(=O)NC(C)(C)C)S(C)(=O)=O. The van der Waals surface area contributed by atoms with Gasteiger partial charge in [0.15, 0.2) is 0 Å². The van der Waals surface area contributed by atoms with Crippen LogP contribution in [0.5, 0.6) is 0 Å². The topological polar surface area (TPSA) is 86.8 Å². The third kappa shape index (κ3) is 9.06. The van der Waals surface area contributed by atoms with Gasteiger partial charge in [-0.1, -0.05) is 46.9 Å². The molecule has 2 rings (SSSR count). The summed E-state index contributed by atoms with van der Waals surface area (Å²) < 4.78 is 26.3. The summed E-state index contributed by atoms with van der Waals surface area (Å²) in [4.78, 5) is 27.8. The summed E-state index contributed by atoms with van der Waals surface area (Å²) in [6, 6.07) is 9.32. The second-order valence-electron chi connectivity index (χ2n) is 10.0. The molecule has 1 unspecified atom stereocenters. The van der Waals surface area contributed by atoms with Crippen LogP contribution in [-0.4, -0.2) is 49.5 Å². The zero-order chi connectivity index (χ0) is 28.1. The number of hydrogen-bond acceptors (Lipinski definition) is 4. The van der Waals surface area contributed by atoms with E-state index >= 15 is 0 Å². The van der Waals surface area contributed by atoms with Crippen LogP contribution in [0.1, 0.15) is 51.7 Å². The molecule has 0 aliphatic heterocycles. The second kappa shape index (κ2) is 12.7. The monoisotopic (exact) mass is 589 g/mol. The van der Waals surface area contributed by atoms with Crippen molar-refractivity contribution in [3.63, 3.8) is 0 Å². The molecule has 0 fully saturated rings. The first-order valence-electron chi connectivity index (χ1n) is 11.8. The number of nitrogens with one attached hydrogen (secondary N) is 1. The van der Waals surface area contributed by atoms with Crippen molar-refractivity contribution < 1.29 is 18.0 Å². The lowest BCUT2D eigenvalue weighted by Crippen LogP contribution is -2.52. The fraction of sp³-hybridized carbons (Fsp3) is 0.462. The Labute approximate surface area is 235 Å². The number of anilines is 1. The molecule has 0 aromatic heterocycles. The Kier molecular flexibility index (Phi) is 10.7. The maximum atomic E-state index is 13.4. The summed E-state index contributed by atoms with van der Waals surface area (Å²) in [6.07, 6.45) is 1.38. The summed E-state index contributed by atoms with van der Waals surface area (Å²) in [5.41, 5.74) is 1.34. The highest BCUT2D eigenvalue weighted by Gasteiger charge is 2.29. The molecule has 0 saturated heterocycles. The van der Waals surface area contributed by atoms with Crippen LogP contribution >= 0.6 is 34.8 Å². The molecule has 204 valence electrons. The van der Waals surface area contributed by atoms with Crippen molar-refractivity contribution >= 4 is 62.3 Å². The Morgan fingerprint density at radius 1 is 1.03 bits per heavy atom. The third-order valence-corrected chi connectivity index (χ3v) is 7.99. The molecule has 0 bridgehead atoms. The standard InChI is InChI=1S/C26H34Cl3N3O4S/c1-17-20(27)9-7-10-23(17)32(37(6,35)36)14-8-11-24(33)31(18(2)25(34)30-26(3,4)5)16-19-12-13-21(28)22(29)15-19/h7,9-10,12-13,15,18H,8,11,14,16H2,1-6H3,(H,30,34). The van der Waals surface area contributed by atoms with Crippen LogP contribution in [0.3, 0.4) is 0 Å². The maximum Gasteiger partial charge on any atom is 0.242 e. The molecule has 0 saturated carbocycles. The highest BCUT2D eigenvalue weighted by Crippen LogP contribution is 2.29. The number of carbonyl (C=O) groups is 2. The number of hydrogen-bond donors (Lipinski definition) is 1. The maximum absolute atomic E-state index is 13.4. The van der Waals surface area contributed by atoms with Crippen LogP contribution in [0.25, 0.3) is 0 Å². The number of benzene rings is 2. The largest absolute Gasteiger partial charge is 0.350 e. The van der Waals surface area contributed by atoms with E-state index in [4.69, 9.17) is 34.8 Å². The lowest BCUT2D eigenvalue weighted by molar-refractivity contribution is -0.141. The first-order chi connectivity index (χ1) is 17.0. The predicted molar refractivity (Wildman–Crippen MR) is 152 cm³/mol. The number of halogens is 3. The van der Waals surface area contributed by atoms with Gasteiger partial charge in [-0.3, -0.25) is 13.9 Å². The van der Waals surface area contributed by atoms with Crippen molar-refractivity contribution in [1.29, 1.82) is 0 Å². The number of rotatable bonds is 10. The molecule has 2 aromatic carbocycles. The van der Waals surface area contributed by atoms with E-state index in [9.17, 15) is 18.0 Å². The van der Waals surface area contributed by atoms with Crippen LogP contribution < -0.4 is 9.62 Å². The Bertz CT molecular complexity index is 1250. The molecule has 2 aromatic rings. The van der Waals surface area contributed by atoms with Crippen molar-refractivity contribution in [3.05, 3.63) is 62.6 Å². The van der Waals surface area contributed by atoms with Gasteiger partial charge in [-0.05, 0) is 76.4 Å². The molecule has 2 amide bonds. The quantitative estimate of drug-likeness (QED) is 0.377. The van der Waals surface area contributed by atoms with E-state index in [0.717, 1.165) is 6.26 Å². The Morgan fingerprint density at radius 3 is 2.24 bits per heavy atom. The Balaban J connectivity index is 2.25. The molecule has 11 heteroatoms. The number of sulfonamides is 1. The molecule has 1 atom stereocenters. The van der Waals surface area contributed by atoms with Crippen molar-refractivity contribution in [2.45, 2.75) is 65.6 Å². The zero-order valence-corrected chi connectivity index (χ0v) is 25.0. The molecule has 0 spiro atoms. The minimum atomic E-state index is -3.62. The minimum Gasteiger partial charge on any atom is -0.350 e. The minimum absolute atomic E-state index is 0.0279. The highest BCUT2D eigenvalue weighted by atomic mass is 35.5. The van der Waals surface area contributed by atoms with Crippen LogP contribution in [0.4, 0.5) is 5.69 Å². The van der Waals surface area contributed by atoms with Crippen molar-refractivity contribution in [2.75, 3.05) is 17.1 Å². The van der Waals surface area contributed by atoms with Crippen LogP contribution in [0.15, 0.2) is 36.4 Å². The zero-order valence-electron chi connectivity index (χ0n) is 21.9. The van der Waals surface area contributed by atoms with Gasteiger partial charge in [0.05, 0.1) is 22.0 Å². The van der Waals surface area contributed by atoms with E-state index in [2.05, 4.69) is 5.32 Å². The van der Waals surface area contributed by atoms with Gasteiger partial charge in [-0.25, -0.2) is 8.42 Å². The average Bonchev–Trinajstić information content (AvgIpc) is 2.77. The lowest BCUT2D eigenvalue weighted by atomic mass is 10.1. The Morgan fingerprint density at radius 2 is 1.68 bits per heavy atom. The van der Waals surface area contributed by atoms with Crippen LogP contribution in [0.2, 0.25) is 15.1 Å². The lowest BCUT2D eigenvalue weighted by Gasteiger charge is -2.32. The predicted octanol–water partition coefficient (Wildman–Crippen LogP) is 5.83. The van der Waals surface area contributed by atoms with E-state index in [-0.39, 0.29) is 37.7 Å². The second-order valence-corrected chi connectivity index (χ2v) is 13.1.